The zero-order chi connectivity index (χ0) is 68.9. The minimum atomic E-state index is -0.667. The molecule has 2 aromatic rings. The molecular weight excluding hydrogens is 1130 g/mol. The van der Waals surface area contributed by atoms with Crippen LogP contribution >= 0.6 is 0 Å². The molecule has 0 heterocycles. The summed E-state index contributed by atoms with van der Waals surface area (Å²) < 4.78 is 0. The third-order valence-electron chi connectivity index (χ3n) is 15.6. The first-order valence-electron chi connectivity index (χ1n) is 30.7. The Morgan fingerprint density at radius 2 is 0.685 bits per heavy atom. The number of rotatable bonds is 15. The summed E-state index contributed by atoms with van der Waals surface area (Å²) in [7, 11) is 0. The van der Waals surface area contributed by atoms with E-state index in [4.69, 9.17) is 86.0 Å². The molecule has 0 amide bonds. The van der Waals surface area contributed by atoms with Crippen molar-refractivity contribution in [2.45, 2.75) is 223 Å². The summed E-state index contributed by atoms with van der Waals surface area (Å²) in [6, 6.07) is 12.0. The minimum absolute atomic E-state index is 0.00202. The first-order valence-corrected chi connectivity index (χ1v) is 30.7. The molecule has 502 valence electrons. The average Bonchev–Trinajstić information content (AvgIpc) is 4.08. The van der Waals surface area contributed by atoms with Gasteiger partial charge in [-0.3, -0.25) is 38.9 Å². The number of aliphatic imine (C=N–C) groups is 5. The Morgan fingerprint density at radius 1 is 0.360 bits per heavy atom. The molecule has 25 heteroatoms. The van der Waals surface area contributed by atoms with Gasteiger partial charge in [0.2, 0.25) is 0 Å². The molecule has 3 aliphatic rings. The second-order valence-corrected chi connectivity index (χ2v) is 28.9. The summed E-state index contributed by atoms with van der Waals surface area (Å²) in [5.74, 6) is 1.38. The van der Waals surface area contributed by atoms with Crippen LogP contribution in [-0.4, -0.2) is 95.0 Å². The number of nitrogens with two attached hydrogens (primary N) is 15. The summed E-state index contributed by atoms with van der Waals surface area (Å²) in [6.45, 7) is 28.3. The zero-order valence-electron chi connectivity index (χ0n) is 56.2. The SMILES string of the molecule is CC(C)(C)C(=O)C(N)C1CCC(N=C(N)N)C1.CC(C)(C)C(=O)C(N)C1CCC(N=C(N)N)CC1.CC(C)(C)C(=O)C(N)C1CCCC(N=C(N)N)C1.CC(C)(C)C(=O)C(N)c1ccc(N=C(N)N)cc1.CC(C)(C)C(=O)C(N)c1cccc(N=C(N)N)c1. The lowest BCUT2D eigenvalue weighted by atomic mass is 9.75. The molecule has 0 saturated heterocycles. The van der Waals surface area contributed by atoms with Gasteiger partial charge < -0.3 is 86.0 Å². The quantitative estimate of drug-likeness (QED) is 0.0872. The van der Waals surface area contributed by atoms with Crippen molar-refractivity contribution in [3.63, 3.8) is 0 Å². The first-order chi connectivity index (χ1) is 40.6. The topological polar surface area (TPSA) is 537 Å². The average molecular weight is 1250 g/mol. The van der Waals surface area contributed by atoms with Crippen LogP contribution in [0.15, 0.2) is 73.5 Å². The first kappa shape index (κ1) is 80.0. The second-order valence-electron chi connectivity index (χ2n) is 28.9. The van der Waals surface area contributed by atoms with E-state index in [0.29, 0.717) is 16.9 Å². The highest BCUT2D eigenvalue weighted by atomic mass is 16.1. The van der Waals surface area contributed by atoms with Crippen molar-refractivity contribution in [1.29, 1.82) is 0 Å². The maximum absolute atomic E-state index is 12.2. The third kappa shape index (κ3) is 29.0. The van der Waals surface area contributed by atoms with Gasteiger partial charge in [-0.2, -0.15) is 0 Å². The highest BCUT2D eigenvalue weighted by molar-refractivity contribution is 5.92. The van der Waals surface area contributed by atoms with Crippen molar-refractivity contribution < 1.29 is 24.0 Å². The molecule has 5 rings (SSSR count). The van der Waals surface area contributed by atoms with Crippen LogP contribution < -0.4 is 86.0 Å². The standard InChI is InChI=1S/C13H26N4O.C13H20N4O.C13H26N4O.C13H20N4O.C12H24N4O/c2*1-13(2,3)11(18)10(14)8-4-6-9(7-5-8)17-12(15)16;2*1-13(2,3)11(18)10(14)8-5-4-6-9(7-8)17-12(15)16;1-12(2,3)10(17)9(13)7-4-5-8(6-7)16-11(14)15/h8-10H,4-7,14H2,1-3H3,(H4,15,16,17);4-7,10H,14H2,1-3H3,(H4,15,16,17);8-10H,4-7,14H2,1-3H3,(H4,15,16,17);4-7,10H,14H2,1-3H3,(H4,15,16,17);7-9H,4-6,13H2,1-3H3,(H4,14,15,16). The van der Waals surface area contributed by atoms with E-state index in [1.165, 1.54) is 0 Å². The molecule has 2 aromatic carbocycles. The van der Waals surface area contributed by atoms with Crippen LogP contribution in [0.4, 0.5) is 11.4 Å². The van der Waals surface area contributed by atoms with Gasteiger partial charge in [-0.15, -0.1) is 0 Å². The lowest BCUT2D eigenvalue weighted by Crippen LogP contribution is -2.46. The van der Waals surface area contributed by atoms with Gasteiger partial charge in [-0.25, -0.2) is 9.98 Å². The van der Waals surface area contributed by atoms with Crippen LogP contribution in [0.2, 0.25) is 0 Å². The number of guanidine groups is 5. The minimum Gasteiger partial charge on any atom is -0.370 e. The fourth-order valence-corrected chi connectivity index (χ4v) is 10.5. The molecule has 3 fully saturated rings. The van der Waals surface area contributed by atoms with Crippen LogP contribution in [0.5, 0.6) is 0 Å². The Balaban J connectivity index is 0.000000556. The van der Waals surface area contributed by atoms with E-state index >= 15 is 0 Å². The predicted octanol–water partition coefficient (Wildman–Crippen LogP) is 4.31. The molecule has 0 radical (unpaired) electrons. The van der Waals surface area contributed by atoms with Gasteiger partial charge in [-0.1, -0.05) is 135 Å². The summed E-state index contributed by atoms with van der Waals surface area (Å²) in [5, 5.41) is 0. The largest absolute Gasteiger partial charge is 0.370 e. The molecule has 25 nitrogen and oxygen atoms in total. The summed E-state index contributed by atoms with van der Waals surface area (Å²) in [5.41, 5.74) is 84.2. The summed E-state index contributed by atoms with van der Waals surface area (Å²) in [4.78, 5) is 80.8. The van der Waals surface area contributed by atoms with Crippen molar-refractivity contribution in [3.8, 4) is 0 Å². The van der Waals surface area contributed by atoms with Crippen LogP contribution in [0.25, 0.3) is 0 Å². The van der Waals surface area contributed by atoms with Crippen LogP contribution in [0.3, 0.4) is 0 Å². The highest BCUT2D eigenvalue weighted by Gasteiger charge is 2.39. The van der Waals surface area contributed by atoms with Crippen LogP contribution in [0.1, 0.15) is 198 Å². The molecule has 3 aliphatic carbocycles. The third-order valence-corrected chi connectivity index (χ3v) is 15.6. The molecule has 89 heavy (non-hydrogen) atoms. The molecule has 0 aromatic heterocycles. The van der Waals surface area contributed by atoms with E-state index in [1.54, 1.807) is 48.5 Å². The van der Waals surface area contributed by atoms with Gasteiger partial charge in [0, 0.05) is 27.1 Å². The molecule has 9 atom stereocenters. The van der Waals surface area contributed by atoms with Crippen LogP contribution in [-0.2, 0) is 24.0 Å². The molecular formula is C64H116N20O5. The Bertz CT molecular complexity index is 2750. The fourth-order valence-electron chi connectivity index (χ4n) is 10.5. The lowest BCUT2D eigenvalue weighted by molar-refractivity contribution is -0.129. The van der Waals surface area contributed by atoms with Gasteiger partial charge >= 0.3 is 0 Å². The Morgan fingerprint density at radius 3 is 1.07 bits per heavy atom. The Kier molecular flexibility index (Phi) is 31.2. The number of nitrogens with zero attached hydrogens (tertiary/aromatic N) is 5. The molecule has 0 spiro atoms. The van der Waals surface area contributed by atoms with Crippen LogP contribution in [0, 0.1) is 44.8 Å². The van der Waals surface area contributed by atoms with Gasteiger partial charge in [0.05, 0.1) is 59.7 Å². The van der Waals surface area contributed by atoms with E-state index < -0.39 is 35.0 Å². The van der Waals surface area contributed by atoms with Crippen molar-refractivity contribution in [2.75, 3.05) is 0 Å². The fraction of sp³-hybridized carbons (Fsp3) is 0.656. The van der Waals surface area contributed by atoms with Crippen molar-refractivity contribution in [2.24, 2.45) is 156 Å². The molecule has 9 unspecified atom stereocenters. The number of carbonyl (C=O) groups is 5. The van der Waals surface area contributed by atoms with Crippen molar-refractivity contribution in [1.82, 2.24) is 0 Å². The van der Waals surface area contributed by atoms with E-state index in [0.717, 1.165) is 76.2 Å². The highest BCUT2D eigenvalue weighted by Crippen LogP contribution is 2.35. The maximum atomic E-state index is 12.2. The molecule has 0 bridgehead atoms. The van der Waals surface area contributed by atoms with Gasteiger partial charge in [0.15, 0.2) is 58.7 Å². The van der Waals surface area contributed by atoms with E-state index in [2.05, 4.69) is 25.0 Å². The van der Waals surface area contributed by atoms with Gasteiger partial charge in [0.1, 0.15) is 0 Å². The van der Waals surface area contributed by atoms with E-state index in [1.807, 2.05) is 104 Å². The number of hydrogen-bond acceptors (Lipinski definition) is 15. The summed E-state index contributed by atoms with van der Waals surface area (Å²) in [6.07, 6.45) is 10.1. The zero-order valence-corrected chi connectivity index (χ0v) is 56.2. The number of hydrogen-bond donors (Lipinski definition) is 15. The van der Waals surface area contributed by atoms with Crippen molar-refractivity contribution >= 4 is 70.1 Å². The normalized spacial score (nSPS) is 21.0. The number of Topliss-reactive ketones (excluding diaryl/α,β-unsaturated/α-hetero) is 5. The Labute approximate surface area is 530 Å². The summed E-state index contributed by atoms with van der Waals surface area (Å²) >= 11 is 0. The number of carbonyl (C=O) groups excluding carboxylic acids is 5. The maximum Gasteiger partial charge on any atom is 0.191 e. The molecule has 30 N–H and O–H groups in total. The van der Waals surface area contributed by atoms with E-state index in [-0.39, 0.29) is 117 Å². The van der Waals surface area contributed by atoms with Gasteiger partial charge in [0.25, 0.3) is 0 Å². The van der Waals surface area contributed by atoms with Crippen molar-refractivity contribution in [3.05, 3.63) is 59.7 Å². The predicted molar refractivity (Wildman–Crippen MR) is 364 cm³/mol. The lowest BCUT2D eigenvalue weighted by Gasteiger charge is -2.33. The Hall–Kier alpha value is -7.06. The molecule has 3 saturated carbocycles. The monoisotopic (exact) mass is 1240 g/mol. The number of benzene rings is 2. The van der Waals surface area contributed by atoms with E-state index in [9.17, 15) is 24.0 Å². The molecule has 0 aliphatic heterocycles. The smallest absolute Gasteiger partial charge is 0.191 e. The van der Waals surface area contributed by atoms with Gasteiger partial charge in [-0.05, 0) is 117 Å². The number of ketones is 5. The second kappa shape index (κ2) is 34.8.